The summed E-state index contributed by atoms with van der Waals surface area (Å²) in [6.07, 6.45) is 3.65. The average molecular weight is 437 g/mol. The largest absolute Gasteiger partial charge is 0.482 e. The van der Waals surface area contributed by atoms with Crippen LogP contribution in [0.5, 0.6) is 5.75 Å². The van der Waals surface area contributed by atoms with E-state index in [0.717, 1.165) is 25.7 Å². The number of carbonyl (C=O) groups excluding carboxylic acids is 1. The van der Waals surface area contributed by atoms with Crippen molar-refractivity contribution in [3.63, 3.8) is 0 Å². The average Bonchev–Trinajstić information content (AvgIpc) is 2.73. The van der Waals surface area contributed by atoms with E-state index in [0.29, 0.717) is 23.0 Å². The zero-order chi connectivity index (χ0) is 20.9. The molecule has 1 heterocycles. The van der Waals surface area contributed by atoms with Gasteiger partial charge in [0.25, 0.3) is 5.91 Å². The van der Waals surface area contributed by atoms with E-state index in [1.165, 1.54) is 12.1 Å². The summed E-state index contributed by atoms with van der Waals surface area (Å²) in [6, 6.07) is 13.2. The number of amides is 1. The van der Waals surface area contributed by atoms with Crippen LogP contribution in [0.4, 0.5) is 5.69 Å². The number of nitrogens with one attached hydrogen (secondary N) is 1. The van der Waals surface area contributed by atoms with Crippen LogP contribution in [0.25, 0.3) is 0 Å². The summed E-state index contributed by atoms with van der Waals surface area (Å²) in [5, 5.41) is 3.12. The van der Waals surface area contributed by atoms with Crippen molar-refractivity contribution in [2.75, 3.05) is 18.5 Å². The standard InChI is InChI=1S/C21H25ClN2O4S/c1-2-17-7-5-6-14-24(17)29(26,27)18-12-10-16(11-13-18)23-21(25)15-28-20-9-4-3-8-19(20)22/h3-4,8-13,17H,2,5-7,14-15H2,1H3,(H,23,25). The van der Waals surface area contributed by atoms with Gasteiger partial charge in [0.15, 0.2) is 6.61 Å². The second kappa shape index (κ2) is 9.61. The van der Waals surface area contributed by atoms with Crippen LogP contribution in [-0.2, 0) is 14.8 Å². The minimum Gasteiger partial charge on any atom is -0.482 e. The van der Waals surface area contributed by atoms with Crippen molar-refractivity contribution in [3.05, 3.63) is 53.6 Å². The Morgan fingerprint density at radius 3 is 2.59 bits per heavy atom. The fourth-order valence-electron chi connectivity index (χ4n) is 3.45. The first-order chi connectivity index (χ1) is 13.9. The summed E-state index contributed by atoms with van der Waals surface area (Å²) < 4.78 is 33.0. The van der Waals surface area contributed by atoms with Crippen molar-refractivity contribution in [2.24, 2.45) is 0 Å². The maximum atomic E-state index is 13.0. The molecule has 6 nitrogen and oxygen atoms in total. The van der Waals surface area contributed by atoms with Crippen molar-refractivity contribution in [1.29, 1.82) is 0 Å². The third-order valence-corrected chi connectivity index (χ3v) is 7.26. The molecule has 1 aliphatic heterocycles. The first kappa shape index (κ1) is 21.6. The Balaban J connectivity index is 1.62. The number of hydrogen-bond donors (Lipinski definition) is 1. The van der Waals surface area contributed by atoms with Crippen molar-refractivity contribution in [2.45, 2.75) is 43.5 Å². The van der Waals surface area contributed by atoms with E-state index in [4.69, 9.17) is 16.3 Å². The summed E-state index contributed by atoms with van der Waals surface area (Å²) in [5.41, 5.74) is 0.502. The summed E-state index contributed by atoms with van der Waals surface area (Å²) in [4.78, 5) is 12.3. The molecule has 0 bridgehead atoms. The number of hydrogen-bond acceptors (Lipinski definition) is 4. The molecule has 1 fully saturated rings. The summed E-state index contributed by atoms with van der Waals surface area (Å²) >= 11 is 6.00. The van der Waals surface area contributed by atoms with Gasteiger partial charge in [0, 0.05) is 18.3 Å². The number of piperidine rings is 1. The Hall–Kier alpha value is -2.09. The predicted octanol–water partition coefficient (Wildman–Crippen LogP) is 4.31. The number of carbonyl (C=O) groups is 1. The van der Waals surface area contributed by atoms with Gasteiger partial charge >= 0.3 is 0 Å². The first-order valence-electron chi connectivity index (χ1n) is 9.71. The van der Waals surface area contributed by atoms with E-state index in [9.17, 15) is 13.2 Å². The molecule has 0 aromatic heterocycles. The van der Waals surface area contributed by atoms with Crippen molar-refractivity contribution in [1.82, 2.24) is 4.31 Å². The molecule has 1 amide bonds. The minimum atomic E-state index is -3.54. The van der Waals surface area contributed by atoms with Gasteiger partial charge in [0.2, 0.25) is 10.0 Å². The quantitative estimate of drug-likeness (QED) is 0.701. The van der Waals surface area contributed by atoms with Gasteiger partial charge < -0.3 is 10.1 Å². The second-order valence-corrected chi connectivity index (χ2v) is 9.26. The molecule has 2 aromatic carbocycles. The molecule has 156 valence electrons. The zero-order valence-corrected chi connectivity index (χ0v) is 17.9. The number of halogens is 1. The Kier molecular flexibility index (Phi) is 7.16. The van der Waals surface area contributed by atoms with Gasteiger partial charge in [-0.1, -0.05) is 37.1 Å². The number of ether oxygens (including phenoxy) is 1. The molecule has 0 aliphatic carbocycles. The van der Waals surface area contributed by atoms with E-state index in [1.54, 1.807) is 40.7 Å². The molecule has 0 radical (unpaired) electrons. The molecular weight excluding hydrogens is 412 g/mol. The van der Waals surface area contributed by atoms with E-state index >= 15 is 0 Å². The highest BCUT2D eigenvalue weighted by atomic mass is 35.5. The monoisotopic (exact) mass is 436 g/mol. The predicted molar refractivity (Wildman–Crippen MR) is 114 cm³/mol. The van der Waals surface area contributed by atoms with Gasteiger partial charge in [-0.2, -0.15) is 4.31 Å². The van der Waals surface area contributed by atoms with Gasteiger partial charge in [0.1, 0.15) is 5.75 Å². The Bertz CT molecular complexity index is 947. The highest BCUT2D eigenvalue weighted by molar-refractivity contribution is 7.89. The number of sulfonamides is 1. The molecule has 1 unspecified atom stereocenters. The molecule has 1 saturated heterocycles. The molecule has 1 atom stereocenters. The van der Waals surface area contributed by atoms with Crippen LogP contribution >= 0.6 is 11.6 Å². The molecule has 0 saturated carbocycles. The molecular formula is C21H25ClN2O4S. The maximum Gasteiger partial charge on any atom is 0.262 e. The number of benzene rings is 2. The van der Waals surface area contributed by atoms with E-state index in [1.807, 2.05) is 6.92 Å². The van der Waals surface area contributed by atoms with E-state index in [2.05, 4.69) is 5.32 Å². The van der Waals surface area contributed by atoms with Crippen LogP contribution in [-0.4, -0.2) is 37.8 Å². The molecule has 0 spiro atoms. The fourth-order valence-corrected chi connectivity index (χ4v) is 5.40. The molecule has 8 heteroatoms. The summed E-state index contributed by atoms with van der Waals surface area (Å²) in [6.45, 7) is 2.37. The SMILES string of the molecule is CCC1CCCCN1S(=O)(=O)c1ccc(NC(=O)COc2ccccc2Cl)cc1. The lowest BCUT2D eigenvalue weighted by atomic mass is 10.0. The lowest BCUT2D eigenvalue weighted by molar-refractivity contribution is -0.118. The second-order valence-electron chi connectivity index (χ2n) is 6.97. The summed E-state index contributed by atoms with van der Waals surface area (Å²) in [7, 11) is -3.54. The van der Waals surface area contributed by atoms with Crippen molar-refractivity contribution < 1.29 is 17.9 Å². The van der Waals surface area contributed by atoms with Crippen molar-refractivity contribution >= 4 is 33.2 Å². The first-order valence-corrected chi connectivity index (χ1v) is 11.5. The molecule has 3 rings (SSSR count). The molecule has 2 aromatic rings. The van der Waals surface area contributed by atoms with Crippen LogP contribution in [0.3, 0.4) is 0 Å². The van der Waals surface area contributed by atoms with Crippen LogP contribution in [0.1, 0.15) is 32.6 Å². The third kappa shape index (κ3) is 5.29. The van der Waals surface area contributed by atoms with Gasteiger partial charge in [-0.15, -0.1) is 0 Å². The van der Waals surface area contributed by atoms with Gasteiger partial charge in [-0.3, -0.25) is 4.79 Å². The van der Waals surface area contributed by atoms with Crippen LogP contribution < -0.4 is 10.1 Å². The van der Waals surface area contributed by atoms with Crippen LogP contribution in [0.2, 0.25) is 5.02 Å². The molecule has 1 aliphatic rings. The molecule has 29 heavy (non-hydrogen) atoms. The topological polar surface area (TPSA) is 75.7 Å². The fraction of sp³-hybridized carbons (Fsp3) is 0.381. The van der Waals surface area contributed by atoms with Crippen LogP contribution in [0.15, 0.2) is 53.4 Å². The van der Waals surface area contributed by atoms with Gasteiger partial charge in [0.05, 0.1) is 9.92 Å². The lowest BCUT2D eigenvalue weighted by Gasteiger charge is -2.34. The van der Waals surface area contributed by atoms with E-state index in [-0.39, 0.29) is 23.5 Å². The number of anilines is 1. The lowest BCUT2D eigenvalue weighted by Crippen LogP contribution is -2.43. The van der Waals surface area contributed by atoms with E-state index < -0.39 is 10.0 Å². The Morgan fingerprint density at radius 1 is 1.17 bits per heavy atom. The number of nitrogens with zero attached hydrogens (tertiary/aromatic N) is 1. The van der Waals surface area contributed by atoms with Gasteiger partial charge in [-0.05, 0) is 55.7 Å². The smallest absolute Gasteiger partial charge is 0.262 e. The summed E-state index contributed by atoms with van der Waals surface area (Å²) in [5.74, 6) is 0.0698. The Labute approximate surface area is 176 Å². The van der Waals surface area contributed by atoms with Gasteiger partial charge in [-0.25, -0.2) is 8.42 Å². The normalized spacial score (nSPS) is 17.7. The van der Waals surface area contributed by atoms with Crippen LogP contribution in [0, 0.1) is 0 Å². The zero-order valence-electron chi connectivity index (χ0n) is 16.3. The molecule has 1 N–H and O–H groups in total. The number of rotatable bonds is 7. The van der Waals surface area contributed by atoms with Crippen molar-refractivity contribution in [3.8, 4) is 5.75 Å². The minimum absolute atomic E-state index is 0.0510. The number of para-hydroxylation sites is 1. The highest BCUT2D eigenvalue weighted by Gasteiger charge is 2.32. The highest BCUT2D eigenvalue weighted by Crippen LogP contribution is 2.27. The Morgan fingerprint density at radius 2 is 1.90 bits per heavy atom. The maximum absolute atomic E-state index is 13.0. The third-order valence-electron chi connectivity index (χ3n) is 4.98.